The second-order valence-electron chi connectivity index (χ2n) is 28.9. The zero-order valence-electron chi connectivity index (χ0n) is 58.4. The number of nitrogens with zero attached hydrogens (tertiary/aromatic N) is 8. The molecule has 15 heteroatoms. The molecule has 12 heterocycles. The van der Waals surface area contributed by atoms with Crippen LogP contribution in [0.25, 0.3) is 121 Å². The first-order valence-electron chi connectivity index (χ1n) is 36.4. The first-order valence-corrected chi connectivity index (χ1v) is 36.4. The predicted octanol–water partition coefficient (Wildman–Crippen LogP) is 19.0. The van der Waals surface area contributed by atoms with E-state index >= 15 is 0 Å². The van der Waals surface area contributed by atoms with Gasteiger partial charge in [-0.15, -0.1) is 22.1 Å². The summed E-state index contributed by atoms with van der Waals surface area (Å²) >= 11 is 0. The van der Waals surface area contributed by atoms with Crippen molar-refractivity contribution in [2.75, 3.05) is 36.0 Å². The van der Waals surface area contributed by atoms with Gasteiger partial charge in [0.05, 0.1) is 56.7 Å². The smallest absolute Gasteiger partial charge is 0.658 e. The normalized spacial score (nSPS) is 20.4. The van der Waals surface area contributed by atoms with Gasteiger partial charge in [-0.25, -0.2) is 29.5 Å². The van der Waals surface area contributed by atoms with Crippen LogP contribution in [-0.2, 0) is 19.5 Å². The van der Waals surface area contributed by atoms with Gasteiger partial charge in [0.1, 0.15) is 11.5 Å². The van der Waals surface area contributed by atoms with E-state index in [2.05, 4.69) is 118 Å². The Hall–Kier alpha value is -12.1. The summed E-state index contributed by atoms with van der Waals surface area (Å²) in [6.45, 7) is 6.32. The van der Waals surface area contributed by atoms with Gasteiger partial charge in [-0.05, 0) is 246 Å². The van der Waals surface area contributed by atoms with Crippen molar-refractivity contribution < 1.29 is 38.5 Å². The molecular weight excluding hydrogens is 1360 g/mol. The Morgan fingerprint density at radius 2 is 0.868 bits per heavy atom. The van der Waals surface area contributed by atoms with Gasteiger partial charge in [0.2, 0.25) is 0 Å². The Labute approximate surface area is 626 Å². The minimum Gasteiger partial charge on any atom is -0.658 e. The van der Waals surface area contributed by atoms with E-state index in [0.29, 0.717) is 70.0 Å². The summed E-state index contributed by atoms with van der Waals surface area (Å²) in [5.74, 6) is 4.13. The van der Waals surface area contributed by atoms with Gasteiger partial charge in [0.25, 0.3) is 0 Å². The molecule has 0 amide bonds. The maximum Gasteiger partial charge on any atom is 2.00 e. The van der Waals surface area contributed by atoms with E-state index in [9.17, 15) is 9.59 Å². The van der Waals surface area contributed by atoms with Crippen molar-refractivity contribution in [2.45, 2.75) is 19.8 Å². The van der Waals surface area contributed by atoms with E-state index in [1.807, 2.05) is 194 Å². The number of benzene rings is 5. The van der Waals surface area contributed by atoms with Gasteiger partial charge in [0.15, 0.2) is 0 Å². The fourth-order valence-corrected chi connectivity index (χ4v) is 17.1. The monoisotopic (exact) mass is 1430 g/mol. The molecule has 2 saturated carbocycles. The molecule has 8 aliphatic rings. The minimum atomic E-state index is -0.415. The van der Waals surface area contributed by atoms with Crippen molar-refractivity contribution >= 4 is 122 Å². The number of hydrogen-bond donors (Lipinski definition) is 2. The molecule has 5 aromatic carbocycles. The van der Waals surface area contributed by atoms with Crippen molar-refractivity contribution in [2.24, 2.45) is 47.3 Å². The summed E-state index contributed by atoms with van der Waals surface area (Å²) in [5, 5.41) is 0. The zero-order chi connectivity index (χ0) is 70.1. The number of esters is 2. The van der Waals surface area contributed by atoms with Gasteiger partial charge in [-0.3, -0.25) is 0 Å². The van der Waals surface area contributed by atoms with Crippen LogP contribution >= 0.6 is 0 Å². The summed E-state index contributed by atoms with van der Waals surface area (Å²) < 4.78 is 12.1. The Bertz CT molecular complexity index is 5820. The van der Waals surface area contributed by atoms with Gasteiger partial charge < -0.3 is 39.2 Å². The van der Waals surface area contributed by atoms with Crippen molar-refractivity contribution in [3.8, 4) is 33.8 Å². The zero-order valence-corrected chi connectivity index (χ0v) is 61.4. The summed E-state index contributed by atoms with van der Waals surface area (Å²) in [4.78, 5) is 69.3. The van der Waals surface area contributed by atoms with Gasteiger partial charge in [-0.1, -0.05) is 128 Å². The molecule has 11 aromatic rings. The molecular formula is C91H72N10O4Zn. The molecule has 0 spiro atoms. The number of carbonyl (C=O) groups excluding carboxylic acids is 2. The molecule has 2 aliphatic carbocycles. The maximum atomic E-state index is 13.9. The molecule has 16 bridgehead atoms. The van der Waals surface area contributed by atoms with Crippen molar-refractivity contribution in [1.82, 2.24) is 39.9 Å². The molecule has 512 valence electrons. The number of hydrogen-bond acceptors (Lipinski definition) is 10. The fraction of sp³-hybridized carbons (Fsp3) is 0.165. The Morgan fingerprint density at radius 1 is 0.425 bits per heavy atom. The van der Waals surface area contributed by atoms with Gasteiger partial charge in [-0.2, -0.15) is 0 Å². The van der Waals surface area contributed by atoms with Crippen LogP contribution in [0.3, 0.4) is 0 Å². The summed E-state index contributed by atoms with van der Waals surface area (Å²) in [5.41, 5.74) is 21.7. The van der Waals surface area contributed by atoms with E-state index < -0.39 is 11.9 Å². The molecule has 4 fully saturated rings. The van der Waals surface area contributed by atoms with Crippen molar-refractivity contribution in [1.29, 1.82) is 0 Å². The Balaban J connectivity index is 0.00000796. The van der Waals surface area contributed by atoms with Crippen LogP contribution < -0.4 is 29.2 Å². The number of fused-ring (bicyclic) bond motifs is 18. The number of anilines is 2. The van der Waals surface area contributed by atoms with Gasteiger partial charge >= 0.3 is 31.4 Å². The average Bonchev–Trinajstić information content (AvgIpc) is 1.62. The summed E-state index contributed by atoms with van der Waals surface area (Å²) in [6, 6.07) is 70.1. The van der Waals surface area contributed by atoms with E-state index in [0.717, 1.165) is 156 Å². The van der Waals surface area contributed by atoms with Crippen LogP contribution in [0, 0.1) is 47.3 Å². The SMILES string of the molecule is C[C@@H]1C[C@H](C=C[C@@H]2C[C@H](/C=C/c3ccccc3)[C@H]3CN(c4ccc(C(=O)Oc5ccc(-c6c7nc(cc8ccc(cc9nc(cc%10ccc6[n-]%10)C=C9)[n-]8)C=C7)cc5)cc4)C[C@H]32)[C@H]2CN(c3ccc(C(=O)Oc4ccc(-c5c6nc(cc7ccc(cc8nc(cc9ccc5[nH]9)C=C8)[nH]7)C=C6)cc4)cc3)C[C@H]21.[Zn+2]. The molecule has 106 heavy (non-hydrogen) atoms. The largest absolute Gasteiger partial charge is 2.00 e. The third kappa shape index (κ3) is 13.4. The minimum absolute atomic E-state index is 0. The van der Waals surface area contributed by atoms with Crippen LogP contribution in [-0.4, -0.2) is 68.0 Å². The Kier molecular flexibility index (Phi) is 17.3. The molecule has 0 radical (unpaired) electrons. The summed E-state index contributed by atoms with van der Waals surface area (Å²) in [6.07, 6.45) is 28.4. The summed E-state index contributed by atoms with van der Waals surface area (Å²) in [7, 11) is 0. The molecule has 19 rings (SSSR count). The molecule has 6 aliphatic heterocycles. The topological polar surface area (TPSA) is 170 Å². The Morgan fingerprint density at radius 3 is 1.44 bits per heavy atom. The molecule has 14 nitrogen and oxygen atoms in total. The first-order chi connectivity index (χ1) is 51.5. The first kappa shape index (κ1) is 65.9. The van der Waals surface area contributed by atoms with Crippen molar-refractivity contribution in [3.63, 3.8) is 0 Å². The van der Waals surface area contributed by atoms with Crippen LogP contribution in [0.4, 0.5) is 11.4 Å². The molecule has 2 N–H and O–H groups in total. The fourth-order valence-electron chi connectivity index (χ4n) is 17.1. The number of aromatic nitrogens is 8. The van der Waals surface area contributed by atoms with Crippen LogP contribution in [0.1, 0.15) is 91.6 Å². The van der Waals surface area contributed by atoms with Crippen LogP contribution in [0.15, 0.2) is 231 Å². The molecule has 2 saturated heterocycles. The number of ether oxygens (including phenoxy) is 2. The van der Waals surface area contributed by atoms with E-state index in [1.165, 1.54) is 12.0 Å². The average molecular weight is 1440 g/mol. The number of carbonyl (C=O) groups is 2. The number of rotatable bonds is 12. The quantitative estimate of drug-likeness (QED) is 0.0514. The number of aromatic amines is 2. The maximum absolute atomic E-state index is 13.9. The van der Waals surface area contributed by atoms with Crippen LogP contribution in [0.2, 0.25) is 0 Å². The number of allylic oxidation sites excluding steroid dienone is 3. The third-order valence-corrected chi connectivity index (χ3v) is 22.3. The van der Waals surface area contributed by atoms with Crippen LogP contribution in [0.5, 0.6) is 11.5 Å². The predicted molar refractivity (Wildman–Crippen MR) is 421 cm³/mol. The second-order valence-corrected chi connectivity index (χ2v) is 28.9. The van der Waals surface area contributed by atoms with E-state index in [-0.39, 0.29) is 19.5 Å². The van der Waals surface area contributed by atoms with Gasteiger partial charge in [0, 0.05) is 65.2 Å². The molecule has 8 atom stereocenters. The standard InChI is InChI=1S/C91H72N10O4.Zn/c1-55-43-61(81-52-100(51-80(55)81)76-31-11-59(12-32-76)90(102)104-78-35-15-57(16-36-78)88-84-39-27-72(96-84)47-68-23-19-64(92-68)45-65-20-24-69(93-65)48-73-28-40-85(88)97-73)9-10-63-44-62(8-7-56-5-3-2-4-6-56)82-53-101(54-83(63)82)77-33-13-60(14-34-77)91(103)105-79-37-17-58(18-38-79)89-86-41-29-74(98-86)49-70-25-21-66(94-70)46-67-22-26-71(95-67)50-75-30-42-87(89)99-75;/h2-42,45-50,55,61-63,80-83H,43-44,51-54H2,1H3,(H2-2,92,93,94,95,96,97,98,99);/q-2;+2/b8-7+,10-9?,64-45?,65-45?,66-46?,67-46?,68-47?,69-48?,70-49?,71-50?,72-47?,73-48?,74-49?,75-50?,88-84?,88-85?,89-86?,89-87?;/t55-,61+,62+,63-,80+,81-,82-,83+;/m1./s1. The number of nitrogens with one attached hydrogen (secondary N) is 2. The van der Waals surface area contributed by atoms with Crippen molar-refractivity contribution in [3.05, 3.63) is 293 Å². The molecule has 0 unspecified atom stereocenters. The molecule has 6 aromatic heterocycles. The second kappa shape index (κ2) is 27.9. The van der Waals surface area contributed by atoms with E-state index in [4.69, 9.17) is 39.4 Å². The van der Waals surface area contributed by atoms with E-state index in [1.54, 1.807) is 0 Å². The third-order valence-electron chi connectivity index (χ3n) is 22.3. The number of H-pyrrole nitrogens is 2.